The number of fused-ring (bicyclic) bond motifs is 1. The van der Waals surface area contributed by atoms with Gasteiger partial charge in [0, 0.05) is 29.2 Å². The number of carbonyl (C=O) groups is 1. The Hall–Kier alpha value is -1.81. The van der Waals surface area contributed by atoms with E-state index in [1.54, 1.807) is 28.8 Å². The maximum Gasteiger partial charge on any atom is 0.424 e. The molecule has 1 aliphatic rings. The Labute approximate surface area is 133 Å². The van der Waals surface area contributed by atoms with Gasteiger partial charge in [-0.1, -0.05) is 32.4 Å². The van der Waals surface area contributed by atoms with E-state index in [1.807, 2.05) is 20.8 Å². The summed E-state index contributed by atoms with van der Waals surface area (Å²) in [5.41, 5.74) is 1.51. The molecule has 3 rings (SSSR count). The second-order valence-corrected chi connectivity index (χ2v) is 6.51. The van der Waals surface area contributed by atoms with Gasteiger partial charge < -0.3 is 4.42 Å². The van der Waals surface area contributed by atoms with Crippen molar-refractivity contribution in [3.63, 3.8) is 0 Å². The number of rotatable bonds is 1. The summed E-state index contributed by atoms with van der Waals surface area (Å²) >= 11 is 5.91. The fraction of sp³-hybridized carbons (Fsp3) is 0.412. The summed E-state index contributed by atoms with van der Waals surface area (Å²) in [7, 11) is 0. The van der Waals surface area contributed by atoms with Crippen LogP contribution >= 0.6 is 11.6 Å². The maximum absolute atomic E-state index is 12.4. The van der Waals surface area contributed by atoms with Crippen LogP contribution in [0.4, 0.5) is 0 Å². The topological polar surface area (TPSA) is 52.2 Å². The van der Waals surface area contributed by atoms with Crippen molar-refractivity contribution >= 4 is 17.4 Å². The Morgan fingerprint density at radius 2 is 1.73 bits per heavy atom. The number of nitrogens with zero attached hydrogens (tertiary/aromatic N) is 1. The minimum Gasteiger partial charge on any atom is -0.412 e. The molecule has 1 heterocycles. The lowest BCUT2D eigenvalue weighted by Gasteiger charge is -2.15. The molecule has 4 nitrogen and oxygen atoms in total. The molecule has 1 aliphatic carbocycles. The first kappa shape index (κ1) is 15.1. The average molecular weight is 320 g/mol. The average Bonchev–Trinajstić information content (AvgIpc) is 2.79. The highest BCUT2D eigenvalue weighted by Crippen LogP contribution is 2.35. The van der Waals surface area contributed by atoms with Crippen molar-refractivity contribution in [2.24, 2.45) is 11.8 Å². The highest BCUT2D eigenvalue weighted by atomic mass is 35.5. The molecule has 0 spiro atoms. The van der Waals surface area contributed by atoms with Crippen LogP contribution in [0.5, 0.6) is 0 Å². The van der Waals surface area contributed by atoms with Gasteiger partial charge >= 0.3 is 5.76 Å². The highest BCUT2D eigenvalue weighted by Gasteiger charge is 2.36. The highest BCUT2D eigenvalue weighted by molar-refractivity contribution is 6.30. The molecule has 2 aromatic rings. The van der Waals surface area contributed by atoms with Gasteiger partial charge in [-0.15, -0.1) is 0 Å². The van der Waals surface area contributed by atoms with Gasteiger partial charge in [-0.25, -0.2) is 9.36 Å². The van der Waals surface area contributed by atoms with Gasteiger partial charge in [0.05, 0.1) is 11.4 Å². The molecule has 0 fully saturated rings. The van der Waals surface area contributed by atoms with E-state index in [1.165, 1.54) is 0 Å². The molecule has 0 unspecified atom stereocenters. The van der Waals surface area contributed by atoms with Crippen LogP contribution in [0.3, 0.4) is 0 Å². The lowest BCUT2D eigenvalue weighted by molar-refractivity contribution is -0.126. The van der Waals surface area contributed by atoms with E-state index in [2.05, 4.69) is 0 Å². The lowest BCUT2D eigenvalue weighted by Crippen LogP contribution is -2.23. The van der Waals surface area contributed by atoms with Crippen molar-refractivity contribution < 1.29 is 9.21 Å². The SMILES string of the molecule is C[C@H]1Cc2c(oc(=O)n2-c2ccc(Cl)cc2)[C@H](C)[C@@H](C)C1=O. The van der Waals surface area contributed by atoms with E-state index in [-0.39, 0.29) is 23.5 Å². The normalized spacial score (nSPS) is 24.9. The molecule has 116 valence electrons. The summed E-state index contributed by atoms with van der Waals surface area (Å²) < 4.78 is 7.06. The Kier molecular flexibility index (Phi) is 3.73. The summed E-state index contributed by atoms with van der Waals surface area (Å²) in [6.07, 6.45) is 0.511. The molecule has 0 saturated carbocycles. The lowest BCUT2D eigenvalue weighted by atomic mass is 9.87. The molecule has 1 aromatic heterocycles. The Bertz CT molecular complexity index is 772. The molecule has 0 saturated heterocycles. The second-order valence-electron chi connectivity index (χ2n) is 6.08. The summed E-state index contributed by atoms with van der Waals surface area (Å²) in [5.74, 6) is 0.0514. The Balaban J connectivity index is 2.20. The number of hydrogen-bond acceptors (Lipinski definition) is 3. The first-order chi connectivity index (χ1) is 10.4. The molecule has 3 atom stereocenters. The number of aromatic nitrogens is 1. The standard InChI is InChI=1S/C17H18ClNO3/c1-9-8-14-16(11(3)10(2)15(9)20)22-17(21)19(14)13-6-4-12(18)5-7-13/h4-7,9-11H,8H2,1-3H3/t9-,10+,11+/m0/s1. The van der Waals surface area contributed by atoms with Gasteiger partial charge in [-0.05, 0) is 24.3 Å². The Morgan fingerprint density at radius 3 is 2.36 bits per heavy atom. The minimum absolute atomic E-state index is 0.103. The van der Waals surface area contributed by atoms with Crippen molar-refractivity contribution in [2.45, 2.75) is 33.1 Å². The maximum atomic E-state index is 12.4. The van der Waals surface area contributed by atoms with Crippen molar-refractivity contribution in [3.8, 4) is 5.69 Å². The smallest absolute Gasteiger partial charge is 0.412 e. The van der Waals surface area contributed by atoms with Crippen molar-refractivity contribution in [1.29, 1.82) is 0 Å². The third-order valence-electron chi connectivity index (χ3n) is 4.62. The number of halogens is 1. The van der Waals surface area contributed by atoms with Crippen molar-refractivity contribution in [1.82, 2.24) is 4.57 Å². The number of oxazole rings is 1. The van der Waals surface area contributed by atoms with Gasteiger partial charge in [0.1, 0.15) is 11.5 Å². The number of Topliss-reactive ketones (excluding diaryl/α,β-unsaturated/α-hetero) is 1. The third-order valence-corrected chi connectivity index (χ3v) is 4.87. The predicted octanol–water partition coefficient (Wildman–Crippen LogP) is 3.58. The van der Waals surface area contributed by atoms with Gasteiger partial charge in [0.15, 0.2) is 0 Å². The van der Waals surface area contributed by atoms with Gasteiger partial charge in [-0.3, -0.25) is 4.79 Å². The molecule has 22 heavy (non-hydrogen) atoms. The van der Waals surface area contributed by atoms with Crippen LogP contribution in [0.1, 0.15) is 38.1 Å². The van der Waals surface area contributed by atoms with E-state index in [9.17, 15) is 9.59 Å². The number of ketones is 1. The van der Waals surface area contributed by atoms with Crippen LogP contribution in [0.25, 0.3) is 5.69 Å². The van der Waals surface area contributed by atoms with Crippen LogP contribution in [-0.4, -0.2) is 10.4 Å². The summed E-state index contributed by atoms with van der Waals surface area (Å²) in [4.78, 5) is 24.7. The van der Waals surface area contributed by atoms with Crippen LogP contribution in [-0.2, 0) is 11.2 Å². The zero-order valence-corrected chi connectivity index (χ0v) is 13.6. The molecule has 1 aromatic carbocycles. The molecule has 0 amide bonds. The van der Waals surface area contributed by atoms with Gasteiger partial charge in [-0.2, -0.15) is 0 Å². The second kappa shape index (κ2) is 5.43. The minimum atomic E-state index is -0.409. The van der Waals surface area contributed by atoms with Crippen LogP contribution in [0, 0.1) is 11.8 Å². The fourth-order valence-corrected chi connectivity index (χ4v) is 3.26. The molecular formula is C17H18ClNO3. The molecular weight excluding hydrogens is 302 g/mol. The number of carbonyl (C=O) groups excluding carboxylic acids is 1. The number of hydrogen-bond donors (Lipinski definition) is 0. The molecule has 0 radical (unpaired) electrons. The van der Waals surface area contributed by atoms with E-state index >= 15 is 0 Å². The molecule has 0 bridgehead atoms. The Morgan fingerprint density at radius 1 is 1.09 bits per heavy atom. The van der Waals surface area contributed by atoms with Crippen LogP contribution in [0.15, 0.2) is 33.5 Å². The van der Waals surface area contributed by atoms with Gasteiger partial charge in [0.25, 0.3) is 0 Å². The first-order valence-corrected chi connectivity index (χ1v) is 7.82. The zero-order chi connectivity index (χ0) is 16.0. The van der Waals surface area contributed by atoms with Crippen molar-refractivity contribution in [2.75, 3.05) is 0 Å². The predicted molar refractivity (Wildman–Crippen MR) is 84.8 cm³/mol. The van der Waals surface area contributed by atoms with E-state index in [0.29, 0.717) is 22.9 Å². The summed E-state index contributed by atoms with van der Waals surface area (Å²) in [6, 6.07) is 7.04. The van der Waals surface area contributed by atoms with Crippen LogP contribution in [0.2, 0.25) is 5.02 Å². The monoisotopic (exact) mass is 319 g/mol. The zero-order valence-electron chi connectivity index (χ0n) is 12.8. The third kappa shape index (κ3) is 2.31. The van der Waals surface area contributed by atoms with Gasteiger partial charge in [0.2, 0.25) is 0 Å². The quantitative estimate of drug-likeness (QED) is 0.755. The van der Waals surface area contributed by atoms with E-state index < -0.39 is 5.76 Å². The van der Waals surface area contributed by atoms with E-state index in [4.69, 9.17) is 16.0 Å². The fourth-order valence-electron chi connectivity index (χ4n) is 3.13. The van der Waals surface area contributed by atoms with E-state index in [0.717, 1.165) is 5.69 Å². The summed E-state index contributed by atoms with van der Waals surface area (Å²) in [5, 5.41) is 0.608. The molecule has 0 aliphatic heterocycles. The largest absolute Gasteiger partial charge is 0.424 e. The first-order valence-electron chi connectivity index (χ1n) is 7.44. The van der Waals surface area contributed by atoms with Crippen LogP contribution < -0.4 is 5.76 Å². The number of benzene rings is 1. The molecule has 5 heteroatoms. The van der Waals surface area contributed by atoms with Crippen molar-refractivity contribution in [3.05, 3.63) is 51.3 Å². The summed E-state index contributed by atoms with van der Waals surface area (Å²) in [6.45, 7) is 5.75. The molecule has 0 N–H and O–H groups in total.